The van der Waals surface area contributed by atoms with Crippen LogP contribution in [-0.4, -0.2) is 0 Å². The summed E-state index contributed by atoms with van der Waals surface area (Å²) in [4.78, 5) is 10.8. The van der Waals surface area contributed by atoms with Crippen molar-refractivity contribution >= 4 is 11.8 Å². The fourth-order valence-electron chi connectivity index (χ4n) is 2.57. The fourth-order valence-corrected chi connectivity index (χ4v) is 2.57. The van der Waals surface area contributed by atoms with Gasteiger partial charge in [-0.3, -0.25) is 0 Å². The third kappa shape index (κ3) is 4.29. The second-order valence-electron chi connectivity index (χ2n) is 7.80. The van der Waals surface area contributed by atoms with Gasteiger partial charge in [0.25, 0.3) is 0 Å². The van der Waals surface area contributed by atoms with E-state index in [0.29, 0.717) is 11.6 Å². The minimum atomic E-state index is 0.168. The molecular formula is C18H27NO. The summed E-state index contributed by atoms with van der Waals surface area (Å²) >= 11 is 0. The Morgan fingerprint density at radius 3 is 2.20 bits per heavy atom. The summed E-state index contributed by atoms with van der Waals surface area (Å²) in [6.07, 6.45) is 2.80. The monoisotopic (exact) mass is 273 g/mol. The van der Waals surface area contributed by atoms with Gasteiger partial charge in [-0.1, -0.05) is 60.3 Å². The van der Waals surface area contributed by atoms with Gasteiger partial charge in [-0.25, -0.2) is 0 Å². The average molecular weight is 273 g/mol. The van der Waals surface area contributed by atoms with Gasteiger partial charge in [0.1, 0.15) is 5.69 Å². The van der Waals surface area contributed by atoms with E-state index >= 15 is 0 Å². The van der Waals surface area contributed by atoms with Gasteiger partial charge in [-0.05, 0) is 46.0 Å². The van der Waals surface area contributed by atoms with Crippen LogP contribution in [-0.2, 0) is 0 Å². The van der Waals surface area contributed by atoms with E-state index in [1.54, 1.807) is 12.1 Å². The van der Waals surface area contributed by atoms with Gasteiger partial charge < -0.3 is 0 Å². The molecule has 0 heterocycles. The van der Waals surface area contributed by atoms with E-state index in [2.05, 4.69) is 59.4 Å². The lowest BCUT2D eigenvalue weighted by atomic mass is 9.69. The first-order valence-corrected chi connectivity index (χ1v) is 7.18. The summed E-state index contributed by atoms with van der Waals surface area (Å²) in [6.45, 7) is 17.4. The van der Waals surface area contributed by atoms with E-state index < -0.39 is 0 Å². The number of hydrogen-bond donors (Lipinski definition) is 0. The van der Waals surface area contributed by atoms with Crippen LogP contribution in [0.15, 0.2) is 30.0 Å². The van der Waals surface area contributed by atoms with Crippen LogP contribution >= 0.6 is 0 Å². The molecule has 0 saturated heterocycles. The normalized spacial score (nSPS) is 13.9. The van der Waals surface area contributed by atoms with E-state index in [4.69, 9.17) is 0 Å². The van der Waals surface area contributed by atoms with Gasteiger partial charge in [-0.2, -0.15) is 0 Å². The Balaban J connectivity index is 3.28. The summed E-state index contributed by atoms with van der Waals surface area (Å²) in [5, 5.41) is 3.06. The number of rotatable bonds is 4. The third-order valence-corrected chi connectivity index (χ3v) is 3.63. The Hall–Kier alpha value is -1.44. The molecule has 0 aliphatic heterocycles. The van der Waals surface area contributed by atoms with Crippen molar-refractivity contribution in [2.75, 3.05) is 0 Å². The van der Waals surface area contributed by atoms with E-state index in [9.17, 15) is 4.91 Å². The molecule has 0 aromatic heterocycles. The van der Waals surface area contributed by atoms with Crippen LogP contribution in [0.3, 0.4) is 0 Å². The molecule has 0 aliphatic rings. The van der Waals surface area contributed by atoms with Gasteiger partial charge in [-0.15, -0.1) is 4.91 Å². The van der Waals surface area contributed by atoms with E-state index in [1.165, 1.54) is 5.56 Å². The zero-order valence-corrected chi connectivity index (χ0v) is 13.7. The molecule has 2 heteroatoms. The van der Waals surface area contributed by atoms with Crippen molar-refractivity contribution in [1.82, 2.24) is 0 Å². The smallest absolute Gasteiger partial charge is 0.115 e. The molecular weight excluding hydrogens is 246 g/mol. The second kappa shape index (κ2) is 5.90. The highest BCUT2D eigenvalue weighted by atomic mass is 16.3. The molecule has 0 bridgehead atoms. The molecule has 1 aromatic rings. The fraction of sp³-hybridized carbons (Fsp3) is 0.556. The lowest BCUT2D eigenvalue weighted by molar-refractivity contribution is 0.229. The summed E-state index contributed by atoms with van der Waals surface area (Å²) in [5.74, 6) is 0.432. The minimum Gasteiger partial charge on any atom is -0.145 e. The lowest BCUT2D eigenvalue weighted by Gasteiger charge is -2.36. The van der Waals surface area contributed by atoms with Gasteiger partial charge in [0.15, 0.2) is 0 Å². The molecule has 2 nitrogen and oxygen atoms in total. The van der Waals surface area contributed by atoms with Crippen molar-refractivity contribution in [1.29, 1.82) is 0 Å². The Kier molecular flexibility index (Phi) is 4.90. The molecule has 0 fully saturated rings. The van der Waals surface area contributed by atoms with Crippen LogP contribution in [0.5, 0.6) is 0 Å². The van der Waals surface area contributed by atoms with Crippen molar-refractivity contribution in [3.8, 4) is 0 Å². The molecule has 1 atom stereocenters. The standard InChI is InChI=1S/C18H27NO/c1-8-13-11-14(9-10-16(13)19-20)15(18(5,6)7)12-17(2,3)4/h8-11,15H,1,12H2,2-7H3. The van der Waals surface area contributed by atoms with Crippen molar-refractivity contribution in [3.05, 3.63) is 40.8 Å². The first kappa shape index (κ1) is 16.6. The molecule has 0 saturated carbocycles. The topological polar surface area (TPSA) is 29.4 Å². The average Bonchev–Trinajstić information content (AvgIpc) is 2.33. The summed E-state index contributed by atoms with van der Waals surface area (Å²) in [6, 6.07) is 5.90. The van der Waals surface area contributed by atoms with Crippen LogP contribution in [0.2, 0.25) is 0 Å². The predicted octanol–water partition coefficient (Wildman–Crippen LogP) is 6.29. The molecule has 0 amide bonds. The minimum absolute atomic E-state index is 0.168. The SMILES string of the molecule is C=Cc1cc(C(CC(C)(C)C)C(C)(C)C)ccc1N=O. The maximum atomic E-state index is 10.8. The van der Waals surface area contributed by atoms with E-state index in [1.807, 2.05) is 6.07 Å². The maximum Gasteiger partial charge on any atom is 0.115 e. The molecule has 1 rings (SSSR count). The first-order valence-electron chi connectivity index (χ1n) is 7.18. The van der Waals surface area contributed by atoms with Gasteiger partial charge in [0.05, 0.1) is 0 Å². The number of benzene rings is 1. The van der Waals surface area contributed by atoms with Crippen molar-refractivity contribution in [2.45, 2.75) is 53.9 Å². The van der Waals surface area contributed by atoms with Crippen LogP contribution in [0.1, 0.15) is 65.0 Å². The summed E-state index contributed by atoms with van der Waals surface area (Å²) < 4.78 is 0. The lowest BCUT2D eigenvalue weighted by Crippen LogP contribution is -2.23. The van der Waals surface area contributed by atoms with Gasteiger partial charge in [0.2, 0.25) is 0 Å². The number of nitroso groups, excluding NO2 is 1. The molecule has 1 aromatic carbocycles. The Labute approximate surface area is 123 Å². The molecule has 20 heavy (non-hydrogen) atoms. The van der Waals surface area contributed by atoms with E-state index in [0.717, 1.165) is 12.0 Å². The third-order valence-electron chi connectivity index (χ3n) is 3.63. The molecule has 0 aliphatic carbocycles. The molecule has 0 radical (unpaired) electrons. The van der Waals surface area contributed by atoms with Crippen molar-refractivity contribution in [3.63, 3.8) is 0 Å². The summed E-state index contributed by atoms with van der Waals surface area (Å²) in [7, 11) is 0. The van der Waals surface area contributed by atoms with Gasteiger partial charge in [0, 0.05) is 5.56 Å². The predicted molar refractivity (Wildman–Crippen MR) is 88.3 cm³/mol. The van der Waals surface area contributed by atoms with Crippen molar-refractivity contribution < 1.29 is 0 Å². The largest absolute Gasteiger partial charge is 0.145 e. The quantitative estimate of drug-likeness (QED) is 0.592. The molecule has 1 unspecified atom stereocenters. The maximum absolute atomic E-state index is 10.8. The van der Waals surface area contributed by atoms with Crippen molar-refractivity contribution in [2.24, 2.45) is 16.0 Å². The Morgan fingerprint density at radius 2 is 1.80 bits per heavy atom. The highest BCUT2D eigenvalue weighted by Crippen LogP contribution is 2.43. The van der Waals surface area contributed by atoms with Gasteiger partial charge >= 0.3 is 0 Å². The molecule has 110 valence electrons. The molecule has 0 spiro atoms. The van der Waals surface area contributed by atoms with Crippen LogP contribution < -0.4 is 0 Å². The number of nitrogens with zero attached hydrogens (tertiary/aromatic N) is 1. The van der Waals surface area contributed by atoms with Crippen LogP contribution in [0.25, 0.3) is 6.08 Å². The second-order valence-corrected chi connectivity index (χ2v) is 7.80. The zero-order chi connectivity index (χ0) is 15.6. The Morgan fingerprint density at radius 1 is 1.20 bits per heavy atom. The highest BCUT2D eigenvalue weighted by Gasteiger charge is 2.30. The number of hydrogen-bond acceptors (Lipinski definition) is 2. The van der Waals surface area contributed by atoms with Crippen LogP contribution in [0, 0.1) is 15.7 Å². The highest BCUT2D eigenvalue weighted by molar-refractivity contribution is 5.63. The molecule has 0 N–H and O–H groups in total. The van der Waals surface area contributed by atoms with Crippen LogP contribution in [0.4, 0.5) is 5.69 Å². The first-order chi connectivity index (χ1) is 9.08. The van der Waals surface area contributed by atoms with E-state index in [-0.39, 0.29) is 10.8 Å². The Bertz CT molecular complexity index is 489. The summed E-state index contributed by atoms with van der Waals surface area (Å²) in [5.41, 5.74) is 2.97. The zero-order valence-electron chi connectivity index (χ0n) is 13.7.